The van der Waals surface area contributed by atoms with Gasteiger partial charge in [-0.1, -0.05) is 20.8 Å². The summed E-state index contributed by atoms with van der Waals surface area (Å²) < 4.78 is 5.49. The van der Waals surface area contributed by atoms with Gasteiger partial charge in [-0.05, 0) is 50.1 Å². The second-order valence-electron chi connectivity index (χ2n) is 6.43. The van der Waals surface area contributed by atoms with Gasteiger partial charge in [-0.15, -0.1) is 12.4 Å². The van der Waals surface area contributed by atoms with Crippen LogP contribution in [0.4, 0.5) is 0 Å². The first-order valence-corrected chi connectivity index (χ1v) is 8.14. The first kappa shape index (κ1) is 20.7. The zero-order valence-electron chi connectivity index (χ0n) is 13.8. The van der Waals surface area contributed by atoms with Gasteiger partial charge in [-0.25, -0.2) is 0 Å². The Kier molecular flexibility index (Phi) is 12.1. The summed E-state index contributed by atoms with van der Waals surface area (Å²) in [6.07, 6.45) is 4.21. The van der Waals surface area contributed by atoms with Gasteiger partial charge in [0.05, 0.1) is 6.61 Å². The van der Waals surface area contributed by atoms with E-state index in [1.54, 1.807) is 0 Å². The second-order valence-corrected chi connectivity index (χ2v) is 6.43. The Bertz CT molecular complexity index is 269. The normalized spacial score (nSPS) is 19.9. The maximum atomic E-state index is 11.8. The summed E-state index contributed by atoms with van der Waals surface area (Å²) in [5.41, 5.74) is 0. The van der Waals surface area contributed by atoms with Crippen molar-refractivity contribution in [3.63, 3.8) is 0 Å². The number of hydrogen-bond acceptors (Lipinski definition) is 3. The van der Waals surface area contributed by atoms with Crippen molar-refractivity contribution in [3.05, 3.63) is 0 Å². The van der Waals surface area contributed by atoms with Crippen LogP contribution in [0.3, 0.4) is 0 Å². The summed E-state index contributed by atoms with van der Waals surface area (Å²) >= 11 is 0. The summed E-state index contributed by atoms with van der Waals surface area (Å²) in [6, 6.07) is 0. The molecule has 1 amide bonds. The highest BCUT2D eigenvalue weighted by atomic mass is 35.5. The smallest absolute Gasteiger partial charge is 0.220 e. The van der Waals surface area contributed by atoms with Crippen molar-refractivity contribution in [2.45, 2.75) is 46.5 Å². The number of rotatable bonds is 9. The molecule has 2 atom stereocenters. The van der Waals surface area contributed by atoms with Gasteiger partial charge >= 0.3 is 0 Å². The lowest BCUT2D eigenvalue weighted by Gasteiger charge is -2.28. The average Bonchev–Trinajstić information content (AvgIpc) is 2.43. The molecule has 0 aromatic carbocycles. The number of carbonyl (C=O) groups excluding carboxylic acids is 1. The monoisotopic (exact) mass is 320 g/mol. The summed E-state index contributed by atoms with van der Waals surface area (Å²) in [4.78, 5) is 11.8. The molecule has 126 valence electrons. The van der Waals surface area contributed by atoms with E-state index in [2.05, 4.69) is 31.4 Å². The Labute approximate surface area is 136 Å². The molecule has 0 spiro atoms. The van der Waals surface area contributed by atoms with Crippen molar-refractivity contribution in [2.24, 2.45) is 17.8 Å². The summed E-state index contributed by atoms with van der Waals surface area (Å²) in [5, 5.41) is 6.37. The zero-order chi connectivity index (χ0) is 14.8. The predicted octanol–water partition coefficient (Wildman–Crippen LogP) is 2.61. The van der Waals surface area contributed by atoms with Crippen molar-refractivity contribution < 1.29 is 9.53 Å². The number of nitrogens with one attached hydrogen (secondary N) is 2. The molecule has 0 bridgehead atoms. The zero-order valence-corrected chi connectivity index (χ0v) is 14.6. The Morgan fingerprint density at radius 1 is 1.33 bits per heavy atom. The molecular weight excluding hydrogens is 288 g/mol. The van der Waals surface area contributed by atoms with Crippen LogP contribution in [0.25, 0.3) is 0 Å². The van der Waals surface area contributed by atoms with Crippen LogP contribution in [0.5, 0.6) is 0 Å². The lowest BCUT2D eigenvalue weighted by molar-refractivity contribution is -0.122. The van der Waals surface area contributed by atoms with Gasteiger partial charge in [0.25, 0.3) is 0 Å². The Morgan fingerprint density at radius 3 is 2.71 bits per heavy atom. The molecule has 1 heterocycles. The van der Waals surface area contributed by atoms with Crippen LogP contribution >= 0.6 is 12.4 Å². The van der Waals surface area contributed by atoms with Crippen molar-refractivity contribution in [2.75, 3.05) is 32.8 Å². The van der Waals surface area contributed by atoms with Gasteiger partial charge in [-0.3, -0.25) is 4.79 Å². The van der Waals surface area contributed by atoms with E-state index in [0.29, 0.717) is 37.3 Å². The molecule has 21 heavy (non-hydrogen) atoms. The molecule has 0 radical (unpaired) electrons. The fourth-order valence-electron chi connectivity index (χ4n) is 2.58. The highest BCUT2D eigenvalue weighted by Gasteiger charge is 2.21. The van der Waals surface area contributed by atoms with E-state index in [-0.39, 0.29) is 18.3 Å². The fourth-order valence-corrected chi connectivity index (χ4v) is 2.58. The summed E-state index contributed by atoms with van der Waals surface area (Å²) in [7, 11) is 0. The van der Waals surface area contributed by atoms with Crippen LogP contribution in [-0.4, -0.2) is 38.8 Å². The number of amides is 1. The van der Waals surface area contributed by atoms with Crippen LogP contribution in [-0.2, 0) is 9.53 Å². The van der Waals surface area contributed by atoms with Gasteiger partial charge in [0.1, 0.15) is 0 Å². The molecule has 1 aliphatic heterocycles. The van der Waals surface area contributed by atoms with E-state index in [1.165, 1.54) is 12.8 Å². The van der Waals surface area contributed by atoms with Crippen LogP contribution in [0, 0.1) is 17.8 Å². The Balaban J connectivity index is 0.00000400. The van der Waals surface area contributed by atoms with Crippen molar-refractivity contribution in [3.8, 4) is 0 Å². The number of carbonyl (C=O) groups is 1. The minimum Gasteiger partial charge on any atom is -0.380 e. The molecule has 1 saturated heterocycles. The predicted molar refractivity (Wildman–Crippen MR) is 89.9 cm³/mol. The van der Waals surface area contributed by atoms with Crippen LogP contribution < -0.4 is 10.6 Å². The first-order chi connectivity index (χ1) is 9.59. The van der Waals surface area contributed by atoms with Gasteiger partial charge in [0.15, 0.2) is 0 Å². The van der Waals surface area contributed by atoms with E-state index < -0.39 is 0 Å². The average molecular weight is 321 g/mol. The van der Waals surface area contributed by atoms with Gasteiger partial charge in [0, 0.05) is 19.6 Å². The third-order valence-electron chi connectivity index (χ3n) is 4.06. The van der Waals surface area contributed by atoms with E-state index in [0.717, 1.165) is 26.1 Å². The topological polar surface area (TPSA) is 50.4 Å². The maximum absolute atomic E-state index is 11.8. The highest BCUT2D eigenvalue weighted by molar-refractivity contribution is 5.85. The number of piperidine rings is 1. The molecule has 0 aromatic heterocycles. The van der Waals surface area contributed by atoms with Crippen LogP contribution in [0.15, 0.2) is 0 Å². The van der Waals surface area contributed by atoms with E-state index in [9.17, 15) is 4.79 Å². The molecule has 0 saturated carbocycles. The maximum Gasteiger partial charge on any atom is 0.220 e. The lowest BCUT2D eigenvalue weighted by Crippen LogP contribution is -2.36. The minimum atomic E-state index is 0. The summed E-state index contributed by atoms with van der Waals surface area (Å²) in [6.45, 7) is 10.8. The fraction of sp³-hybridized carbons (Fsp3) is 0.938. The van der Waals surface area contributed by atoms with Gasteiger partial charge in [-0.2, -0.15) is 0 Å². The van der Waals surface area contributed by atoms with E-state index in [4.69, 9.17) is 4.74 Å². The SMILES string of the molecule is CC(C)CCOCCNC(=O)CC(C)C1CCCNC1.Cl. The van der Waals surface area contributed by atoms with Crippen molar-refractivity contribution in [1.82, 2.24) is 10.6 Å². The Morgan fingerprint density at radius 2 is 2.10 bits per heavy atom. The van der Waals surface area contributed by atoms with Crippen molar-refractivity contribution >= 4 is 18.3 Å². The largest absolute Gasteiger partial charge is 0.380 e. The van der Waals surface area contributed by atoms with E-state index >= 15 is 0 Å². The first-order valence-electron chi connectivity index (χ1n) is 8.14. The number of hydrogen-bond donors (Lipinski definition) is 2. The minimum absolute atomic E-state index is 0. The van der Waals surface area contributed by atoms with Gasteiger partial charge < -0.3 is 15.4 Å². The third-order valence-corrected chi connectivity index (χ3v) is 4.06. The highest BCUT2D eigenvalue weighted by Crippen LogP contribution is 2.22. The standard InChI is InChI=1S/C16H32N2O2.ClH/c1-13(2)6-9-20-10-8-18-16(19)11-14(3)15-5-4-7-17-12-15;/h13-15,17H,4-12H2,1-3H3,(H,18,19);1H. The molecule has 1 aliphatic rings. The molecule has 0 aliphatic carbocycles. The number of halogens is 1. The molecule has 2 N–H and O–H groups in total. The van der Waals surface area contributed by atoms with Crippen LogP contribution in [0.2, 0.25) is 0 Å². The third kappa shape index (κ3) is 10.1. The van der Waals surface area contributed by atoms with E-state index in [1.807, 2.05) is 0 Å². The van der Waals surface area contributed by atoms with Crippen LogP contribution in [0.1, 0.15) is 46.5 Å². The molecule has 2 unspecified atom stereocenters. The Hall–Kier alpha value is -0.320. The quantitative estimate of drug-likeness (QED) is 0.642. The van der Waals surface area contributed by atoms with Crippen molar-refractivity contribution in [1.29, 1.82) is 0 Å². The summed E-state index contributed by atoms with van der Waals surface area (Å²) in [5.74, 6) is 1.95. The lowest BCUT2D eigenvalue weighted by atomic mass is 9.85. The second kappa shape index (κ2) is 12.2. The van der Waals surface area contributed by atoms with Gasteiger partial charge in [0.2, 0.25) is 5.91 Å². The molecule has 0 aromatic rings. The molecule has 1 fully saturated rings. The number of ether oxygens (including phenoxy) is 1. The molecule has 1 rings (SSSR count). The molecule has 5 heteroatoms. The molecule has 4 nitrogen and oxygen atoms in total. The molecular formula is C16H33ClN2O2.